The van der Waals surface area contributed by atoms with Gasteiger partial charge in [0, 0.05) is 31.2 Å². The van der Waals surface area contributed by atoms with Crippen molar-refractivity contribution in [1.29, 1.82) is 0 Å². The maximum atomic E-state index is 12.0. The van der Waals surface area contributed by atoms with E-state index in [0.717, 1.165) is 11.3 Å². The second kappa shape index (κ2) is 7.43. The number of fused-ring (bicyclic) bond motifs is 1. The molecule has 1 amide bonds. The van der Waals surface area contributed by atoms with Crippen LogP contribution >= 0.6 is 0 Å². The lowest BCUT2D eigenvalue weighted by Gasteiger charge is -2.33. The topological polar surface area (TPSA) is 59.6 Å². The van der Waals surface area contributed by atoms with Crippen molar-refractivity contribution in [2.75, 3.05) is 26.9 Å². The molecule has 0 aromatic heterocycles. The molecule has 0 bridgehead atoms. The fourth-order valence-corrected chi connectivity index (χ4v) is 2.52. The lowest BCUT2D eigenvalue weighted by Crippen LogP contribution is -2.47. The number of hydrogen-bond acceptors (Lipinski definition) is 4. The number of carbonyl (C=O) groups excluding carboxylic acids is 1. The molecule has 0 saturated carbocycles. The van der Waals surface area contributed by atoms with Crippen molar-refractivity contribution in [3.63, 3.8) is 0 Å². The van der Waals surface area contributed by atoms with E-state index in [0.29, 0.717) is 25.7 Å². The van der Waals surface area contributed by atoms with E-state index in [4.69, 9.17) is 9.47 Å². The number of nitrogens with one attached hydrogen (secondary N) is 2. The van der Waals surface area contributed by atoms with Crippen LogP contribution in [-0.2, 0) is 9.53 Å². The molecule has 3 unspecified atom stereocenters. The van der Waals surface area contributed by atoms with E-state index in [1.54, 1.807) is 7.11 Å². The van der Waals surface area contributed by atoms with Crippen LogP contribution in [0.2, 0.25) is 0 Å². The molecule has 2 N–H and O–H groups in total. The minimum absolute atomic E-state index is 0.0109. The highest BCUT2D eigenvalue weighted by Crippen LogP contribution is 2.35. The Morgan fingerprint density at radius 2 is 2.24 bits per heavy atom. The Morgan fingerprint density at radius 3 is 3.00 bits per heavy atom. The van der Waals surface area contributed by atoms with Crippen molar-refractivity contribution in [3.05, 3.63) is 29.8 Å². The van der Waals surface area contributed by atoms with Gasteiger partial charge in [0.25, 0.3) is 0 Å². The monoisotopic (exact) mass is 292 g/mol. The van der Waals surface area contributed by atoms with E-state index in [1.165, 1.54) is 0 Å². The van der Waals surface area contributed by atoms with Gasteiger partial charge in [0.2, 0.25) is 5.91 Å². The molecule has 116 valence electrons. The highest BCUT2D eigenvalue weighted by atomic mass is 16.5. The molecule has 1 aromatic carbocycles. The first-order chi connectivity index (χ1) is 10.1. The average Bonchev–Trinajstić information content (AvgIpc) is 2.50. The third-order valence-corrected chi connectivity index (χ3v) is 3.75. The molecule has 1 heterocycles. The average molecular weight is 292 g/mol. The molecule has 0 spiro atoms. The molecule has 0 radical (unpaired) electrons. The zero-order chi connectivity index (χ0) is 15.2. The molecule has 5 nitrogen and oxygen atoms in total. The standard InChI is InChI=1S/C16H24N2O3/c1-11-10-21-14-7-5-4-6-13(14)15(11)18-12(2)16(19)17-8-9-20-3/h4-7,11-12,15,18H,8-10H2,1-3H3,(H,17,19). The van der Waals surface area contributed by atoms with Gasteiger partial charge in [-0.15, -0.1) is 0 Å². The van der Waals surface area contributed by atoms with Crippen LogP contribution < -0.4 is 15.4 Å². The second-order valence-electron chi connectivity index (χ2n) is 5.48. The molecule has 21 heavy (non-hydrogen) atoms. The van der Waals surface area contributed by atoms with Gasteiger partial charge in [-0.05, 0) is 13.0 Å². The lowest BCUT2D eigenvalue weighted by atomic mass is 9.91. The van der Waals surface area contributed by atoms with Crippen LogP contribution in [0.4, 0.5) is 0 Å². The fraction of sp³-hybridized carbons (Fsp3) is 0.562. The summed E-state index contributed by atoms with van der Waals surface area (Å²) >= 11 is 0. The smallest absolute Gasteiger partial charge is 0.236 e. The predicted molar refractivity (Wildman–Crippen MR) is 81.3 cm³/mol. The summed E-state index contributed by atoms with van der Waals surface area (Å²) in [5.74, 6) is 1.21. The normalized spacial score (nSPS) is 22.0. The summed E-state index contributed by atoms with van der Waals surface area (Å²) in [7, 11) is 1.62. The number of para-hydroxylation sites is 1. The van der Waals surface area contributed by atoms with Gasteiger partial charge in [-0.1, -0.05) is 25.1 Å². The molecular formula is C16H24N2O3. The SMILES string of the molecule is COCCNC(=O)C(C)NC1c2ccccc2OCC1C. The number of ether oxygens (including phenoxy) is 2. The molecule has 0 saturated heterocycles. The van der Waals surface area contributed by atoms with Crippen LogP contribution in [0.25, 0.3) is 0 Å². The molecule has 3 atom stereocenters. The van der Waals surface area contributed by atoms with Crippen molar-refractivity contribution >= 4 is 5.91 Å². The van der Waals surface area contributed by atoms with Crippen LogP contribution in [0.5, 0.6) is 5.75 Å². The number of carbonyl (C=O) groups is 1. The Labute approximate surface area is 126 Å². The van der Waals surface area contributed by atoms with Crippen molar-refractivity contribution in [2.24, 2.45) is 5.92 Å². The second-order valence-corrected chi connectivity index (χ2v) is 5.48. The lowest BCUT2D eigenvalue weighted by molar-refractivity contribution is -0.123. The van der Waals surface area contributed by atoms with Gasteiger partial charge in [0.1, 0.15) is 5.75 Å². The van der Waals surface area contributed by atoms with Crippen molar-refractivity contribution in [2.45, 2.75) is 25.9 Å². The van der Waals surface area contributed by atoms with Crippen LogP contribution in [0.3, 0.4) is 0 Å². The van der Waals surface area contributed by atoms with Gasteiger partial charge in [-0.25, -0.2) is 0 Å². The highest BCUT2D eigenvalue weighted by Gasteiger charge is 2.29. The van der Waals surface area contributed by atoms with E-state index in [-0.39, 0.29) is 18.0 Å². The molecule has 1 aliphatic heterocycles. The van der Waals surface area contributed by atoms with E-state index in [9.17, 15) is 4.79 Å². The van der Waals surface area contributed by atoms with Gasteiger partial charge >= 0.3 is 0 Å². The first kappa shape index (κ1) is 15.8. The van der Waals surface area contributed by atoms with Crippen LogP contribution in [-0.4, -0.2) is 38.8 Å². The number of methoxy groups -OCH3 is 1. The van der Waals surface area contributed by atoms with Crippen molar-refractivity contribution in [3.8, 4) is 5.75 Å². The first-order valence-electron chi connectivity index (χ1n) is 7.38. The zero-order valence-corrected chi connectivity index (χ0v) is 12.9. The van der Waals surface area contributed by atoms with Crippen molar-refractivity contribution < 1.29 is 14.3 Å². The maximum Gasteiger partial charge on any atom is 0.236 e. The Bertz CT molecular complexity index is 478. The van der Waals surface area contributed by atoms with Gasteiger partial charge in [0.05, 0.1) is 19.3 Å². The summed E-state index contributed by atoms with van der Waals surface area (Å²) in [6.07, 6.45) is 0. The Hall–Kier alpha value is -1.59. The Balaban J connectivity index is 1.99. The third kappa shape index (κ3) is 3.95. The van der Waals surface area contributed by atoms with Gasteiger partial charge in [-0.2, -0.15) is 0 Å². The van der Waals surface area contributed by atoms with Crippen LogP contribution in [0.15, 0.2) is 24.3 Å². The Kier molecular flexibility index (Phi) is 5.59. The maximum absolute atomic E-state index is 12.0. The Morgan fingerprint density at radius 1 is 1.48 bits per heavy atom. The number of rotatable bonds is 6. The molecule has 0 aliphatic carbocycles. The van der Waals surface area contributed by atoms with Gasteiger partial charge in [0.15, 0.2) is 0 Å². The molecule has 5 heteroatoms. The van der Waals surface area contributed by atoms with Gasteiger partial charge < -0.3 is 14.8 Å². The zero-order valence-electron chi connectivity index (χ0n) is 12.9. The molecule has 1 aromatic rings. The summed E-state index contributed by atoms with van der Waals surface area (Å²) in [5.41, 5.74) is 1.12. The van der Waals surface area contributed by atoms with Crippen molar-refractivity contribution in [1.82, 2.24) is 10.6 Å². The summed E-state index contributed by atoms with van der Waals surface area (Å²) in [6.45, 7) is 5.72. The summed E-state index contributed by atoms with van der Waals surface area (Å²) in [4.78, 5) is 12.0. The summed E-state index contributed by atoms with van der Waals surface area (Å²) in [5, 5.41) is 6.27. The predicted octanol–water partition coefficient (Wildman–Crippen LogP) is 1.50. The van der Waals surface area contributed by atoms with Gasteiger partial charge in [-0.3, -0.25) is 10.1 Å². The molecule has 1 aliphatic rings. The highest BCUT2D eigenvalue weighted by molar-refractivity contribution is 5.81. The third-order valence-electron chi connectivity index (χ3n) is 3.75. The quantitative estimate of drug-likeness (QED) is 0.780. The number of benzene rings is 1. The van der Waals surface area contributed by atoms with E-state index >= 15 is 0 Å². The number of hydrogen-bond donors (Lipinski definition) is 2. The van der Waals surface area contributed by atoms with E-state index < -0.39 is 0 Å². The minimum atomic E-state index is -0.263. The minimum Gasteiger partial charge on any atom is -0.493 e. The first-order valence-corrected chi connectivity index (χ1v) is 7.38. The molecule has 2 rings (SSSR count). The molecular weight excluding hydrogens is 268 g/mol. The van der Waals surface area contributed by atoms with Crippen LogP contribution in [0, 0.1) is 5.92 Å². The fourth-order valence-electron chi connectivity index (χ4n) is 2.52. The van der Waals surface area contributed by atoms with E-state index in [1.807, 2.05) is 25.1 Å². The number of amides is 1. The summed E-state index contributed by atoms with van der Waals surface area (Å²) in [6, 6.07) is 7.85. The van der Waals surface area contributed by atoms with E-state index in [2.05, 4.69) is 23.6 Å². The largest absolute Gasteiger partial charge is 0.493 e. The molecule has 0 fully saturated rings. The van der Waals surface area contributed by atoms with Crippen LogP contribution in [0.1, 0.15) is 25.5 Å². The summed E-state index contributed by atoms with van der Waals surface area (Å²) < 4.78 is 10.7.